The molecule has 0 unspecified atom stereocenters. The highest BCUT2D eigenvalue weighted by molar-refractivity contribution is 6.28. The van der Waals surface area contributed by atoms with Crippen molar-refractivity contribution in [2.45, 2.75) is 64.2 Å². The van der Waals surface area contributed by atoms with Crippen molar-refractivity contribution in [3.63, 3.8) is 0 Å². The van der Waals surface area contributed by atoms with Crippen molar-refractivity contribution in [3.05, 3.63) is 35.9 Å². The topological polar surface area (TPSA) is 125 Å². The molecule has 0 aliphatic carbocycles. The van der Waals surface area contributed by atoms with Crippen LogP contribution in [-0.2, 0) is 30.4 Å². The Morgan fingerprint density at radius 3 is 2.21 bits per heavy atom. The molecule has 4 amide bonds. The Bertz CT molecular complexity index is 879. The number of nitrogens with one attached hydrogen (secondary N) is 3. The number of amides is 4. The van der Waals surface area contributed by atoms with E-state index in [0.29, 0.717) is 13.0 Å². The summed E-state index contributed by atoms with van der Waals surface area (Å²) in [5.74, 6) is -2.27. The molecule has 2 rings (SSSR count). The second-order valence-corrected chi connectivity index (χ2v) is 8.45. The third kappa shape index (κ3) is 7.56. The SMILES string of the molecule is CC(=O)N1CCC[C@H]1C(=O)N[C@@H](C)C(=O)N[C@@H](C)C(=O)N[C@@H](Cc1ccccc1)C(=O)CCl. The number of rotatable bonds is 10. The summed E-state index contributed by atoms with van der Waals surface area (Å²) in [6, 6.07) is 5.92. The van der Waals surface area contributed by atoms with Gasteiger partial charge in [-0.1, -0.05) is 30.3 Å². The number of nitrogens with zero attached hydrogens (tertiary/aromatic N) is 1. The van der Waals surface area contributed by atoms with Crippen LogP contribution in [0.4, 0.5) is 0 Å². The molecular formula is C23H31ClN4O5. The zero-order chi connectivity index (χ0) is 24.5. The van der Waals surface area contributed by atoms with Crippen LogP contribution >= 0.6 is 11.6 Å². The third-order valence-corrected chi connectivity index (χ3v) is 5.85. The van der Waals surface area contributed by atoms with Crippen LogP contribution in [0.25, 0.3) is 0 Å². The number of carbonyl (C=O) groups excluding carboxylic acids is 5. The number of ketones is 1. The van der Waals surface area contributed by atoms with E-state index in [9.17, 15) is 24.0 Å². The molecule has 3 N–H and O–H groups in total. The van der Waals surface area contributed by atoms with Gasteiger partial charge in [0, 0.05) is 13.5 Å². The fourth-order valence-corrected chi connectivity index (χ4v) is 3.87. The summed E-state index contributed by atoms with van der Waals surface area (Å²) in [6.07, 6.45) is 1.54. The summed E-state index contributed by atoms with van der Waals surface area (Å²) >= 11 is 5.70. The summed E-state index contributed by atoms with van der Waals surface area (Å²) in [6.45, 7) is 4.90. The summed E-state index contributed by atoms with van der Waals surface area (Å²) in [5.41, 5.74) is 0.862. The van der Waals surface area contributed by atoms with Crippen LogP contribution in [0.1, 0.15) is 39.2 Å². The minimum absolute atomic E-state index is 0.188. The normalized spacial score (nSPS) is 18.1. The molecule has 4 atom stereocenters. The van der Waals surface area contributed by atoms with Gasteiger partial charge in [-0.05, 0) is 38.7 Å². The van der Waals surface area contributed by atoms with Gasteiger partial charge in [0.15, 0.2) is 5.78 Å². The average Bonchev–Trinajstić information content (AvgIpc) is 3.29. The first-order valence-corrected chi connectivity index (χ1v) is 11.5. The number of alkyl halides is 1. The van der Waals surface area contributed by atoms with E-state index in [4.69, 9.17) is 11.6 Å². The summed E-state index contributed by atoms with van der Waals surface area (Å²) < 4.78 is 0. The van der Waals surface area contributed by atoms with Gasteiger partial charge in [0.1, 0.15) is 18.1 Å². The molecule has 9 nitrogen and oxygen atoms in total. The van der Waals surface area contributed by atoms with E-state index in [1.54, 1.807) is 0 Å². The van der Waals surface area contributed by atoms with Crippen molar-refractivity contribution in [1.29, 1.82) is 0 Å². The maximum absolute atomic E-state index is 12.6. The number of hydrogen-bond donors (Lipinski definition) is 3. The van der Waals surface area contributed by atoms with Crippen molar-refractivity contribution in [2.75, 3.05) is 12.4 Å². The molecule has 0 radical (unpaired) electrons. The van der Waals surface area contributed by atoms with Crippen molar-refractivity contribution in [1.82, 2.24) is 20.9 Å². The fraction of sp³-hybridized carbons (Fsp3) is 0.522. The van der Waals surface area contributed by atoms with Gasteiger partial charge < -0.3 is 20.9 Å². The molecule has 180 valence electrons. The monoisotopic (exact) mass is 478 g/mol. The van der Waals surface area contributed by atoms with E-state index in [1.807, 2.05) is 30.3 Å². The summed E-state index contributed by atoms with van der Waals surface area (Å²) in [5, 5.41) is 7.79. The molecule has 1 aromatic carbocycles. The van der Waals surface area contributed by atoms with Gasteiger partial charge in [-0.2, -0.15) is 0 Å². The van der Waals surface area contributed by atoms with E-state index < -0.39 is 41.9 Å². The van der Waals surface area contributed by atoms with Gasteiger partial charge in [-0.3, -0.25) is 24.0 Å². The molecule has 0 bridgehead atoms. The summed E-state index contributed by atoms with van der Waals surface area (Å²) in [7, 11) is 0. The minimum Gasteiger partial charge on any atom is -0.344 e. The lowest BCUT2D eigenvalue weighted by atomic mass is 10.0. The second kappa shape index (κ2) is 12.3. The van der Waals surface area contributed by atoms with Gasteiger partial charge in [0.25, 0.3) is 0 Å². The molecule has 1 aliphatic heterocycles. The molecule has 1 aromatic rings. The highest BCUT2D eigenvalue weighted by Gasteiger charge is 2.34. The van der Waals surface area contributed by atoms with Crippen LogP contribution in [0.15, 0.2) is 30.3 Å². The zero-order valence-corrected chi connectivity index (χ0v) is 19.9. The molecule has 10 heteroatoms. The highest BCUT2D eigenvalue weighted by atomic mass is 35.5. The first-order valence-electron chi connectivity index (χ1n) is 10.9. The van der Waals surface area contributed by atoms with Crippen molar-refractivity contribution in [3.8, 4) is 0 Å². The van der Waals surface area contributed by atoms with Crippen LogP contribution in [0.3, 0.4) is 0 Å². The van der Waals surface area contributed by atoms with E-state index >= 15 is 0 Å². The van der Waals surface area contributed by atoms with Crippen molar-refractivity contribution >= 4 is 41.0 Å². The van der Waals surface area contributed by atoms with E-state index in [0.717, 1.165) is 12.0 Å². The van der Waals surface area contributed by atoms with Gasteiger partial charge in [0.05, 0.1) is 11.9 Å². The predicted molar refractivity (Wildman–Crippen MR) is 123 cm³/mol. The smallest absolute Gasteiger partial charge is 0.243 e. The van der Waals surface area contributed by atoms with E-state index in [2.05, 4.69) is 16.0 Å². The lowest BCUT2D eigenvalue weighted by molar-refractivity contribution is -0.138. The maximum atomic E-state index is 12.6. The fourth-order valence-electron chi connectivity index (χ4n) is 3.68. The lowest BCUT2D eigenvalue weighted by Crippen LogP contribution is -2.56. The predicted octanol–water partition coefficient (Wildman–Crippen LogP) is 0.542. The molecule has 0 spiro atoms. The van der Waals surface area contributed by atoms with Crippen LogP contribution < -0.4 is 16.0 Å². The number of benzene rings is 1. The van der Waals surface area contributed by atoms with Crippen LogP contribution in [0.5, 0.6) is 0 Å². The Morgan fingerprint density at radius 2 is 1.61 bits per heavy atom. The van der Waals surface area contributed by atoms with E-state index in [-0.39, 0.29) is 24.0 Å². The Labute approximate surface area is 198 Å². The quantitative estimate of drug-likeness (QED) is 0.423. The molecule has 33 heavy (non-hydrogen) atoms. The van der Waals surface area contributed by atoms with Crippen LogP contribution in [-0.4, -0.2) is 70.9 Å². The molecule has 1 saturated heterocycles. The number of likely N-dealkylation sites (tertiary alicyclic amines) is 1. The average molecular weight is 479 g/mol. The van der Waals surface area contributed by atoms with Crippen LogP contribution in [0, 0.1) is 0 Å². The molecule has 0 aromatic heterocycles. The third-order valence-electron chi connectivity index (χ3n) is 5.58. The van der Waals surface area contributed by atoms with Crippen molar-refractivity contribution in [2.24, 2.45) is 0 Å². The maximum Gasteiger partial charge on any atom is 0.243 e. The Balaban J connectivity index is 1.91. The van der Waals surface area contributed by atoms with Crippen molar-refractivity contribution < 1.29 is 24.0 Å². The molecule has 0 saturated carbocycles. The van der Waals surface area contributed by atoms with E-state index in [1.165, 1.54) is 25.7 Å². The lowest BCUT2D eigenvalue weighted by Gasteiger charge is -2.25. The highest BCUT2D eigenvalue weighted by Crippen LogP contribution is 2.17. The second-order valence-electron chi connectivity index (χ2n) is 8.18. The number of Topliss-reactive ketones (excluding diaryl/α,β-unsaturated/α-hetero) is 1. The first kappa shape index (κ1) is 26.3. The van der Waals surface area contributed by atoms with Gasteiger partial charge >= 0.3 is 0 Å². The zero-order valence-electron chi connectivity index (χ0n) is 19.1. The Morgan fingerprint density at radius 1 is 1.00 bits per heavy atom. The van der Waals surface area contributed by atoms with Gasteiger partial charge in [-0.15, -0.1) is 11.6 Å². The molecule has 1 fully saturated rings. The Kier molecular flexibility index (Phi) is 9.84. The molecule has 1 aliphatic rings. The standard InChI is InChI=1S/C23H31ClN4O5/c1-14(26-23(33)19-10-7-11-28(19)16(3)29)21(31)25-15(2)22(32)27-18(20(30)13-24)12-17-8-5-4-6-9-17/h4-6,8-9,14-15,18-19H,7,10-13H2,1-3H3,(H,25,31)(H,26,33)(H,27,32)/t14-,15-,18-,19-/m0/s1. The molecule has 1 heterocycles. The van der Waals surface area contributed by atoms with Gasteiger partial charge in [0.2, 0.25) is 23.6 Å². The largest absolute Gasteiger partial charge is 0.344 e. The summed E-state index contributed by atoms with van der Waals surface area (Å²) in [4.78, 5) is 63.0. The first-order chi connectivity index (χ1) is 15.6. The number of halogens is 1. The number of hydrogen-bond acceptors (Lipinski definition) is 5. The Hall–Kier alpha value is -2.94. The van der Waals surface area contributed by atoms with Gasteiger partial charge in [-0.25, -0.2) is 0 Å². The minimum atomic E-state index is -0.946. The number of carbonyl (C=O) groups is 5. The molecular weight excluding hydrogens is 448 g/mol. The van der Waals surface area contributed by atoms with Crippen LogP contribution in [0.2, 0.25) is 0 Å².